The molecule has 390 valence electrons. The maximum atomic E-state index is 12.8. The lowest BCUT2D eigenvalue weighted by Crippen LogP contribution is -2.55. The predicted molar refractivity (Wildman–Crippen MR) is 282 cm³/mol. The number of rotatable bonds is 51. The molecule has 0 rings (SSSR count). The average molecular weight is 943 g/mol. The molecule has 0 aromatic heterocycles. The zero-order valence-electron chi connectivity index (χ0n) is 44.6. The van der Waals surface area contributed by atoms with E-state index in [9.17, 15) is 19.5 Å². The van der Waals surface area contributed by atoms with Crippen LogP contribution in [-0.2, 0) is 28.6 Å². The molecule has 0 heterocycles. The molecule has 0 N–H and O–H groups in total. The van der Waals surface area contributed by atoms with Crippen LogP contribution in [0.5, 0.6) is 0 Å². The van der Waals surface area contributed by atoms with Crippen molar-refractivity contribution in [2.75, 3.05) is 41.0 Å². The van der Waals surface area contributed by atoms with Gasteiger partial charge in [-0.3, -0.25) is 9.59 Å². The number of unbranched alkanes of at least 4 members (excludes halogenated alkanes) is 29. The fourth-order valence-corrected chi connectivity index (χ4v) is 8.42. The highest BCUT2D eigenvalue weighted by atomic mass is 16.6. The minimum atomic E-state index is -1.12. The summed E-state index contributed by atoms with van der Waals surface area (Å²) < 4.78 is 17.3. The number of likely N-dealkylation sites (N-methyl/N-ethyl adjacent to an activating group) is 1. The van der Waals surface area contributed by atoms with Gasteiger partial charge < -0.3 is 28.6 Å². The Hall–Kier alpha value is -2.71. The number of hydrogen-bond acceptors (Lipinski definition) is 7. The first-order chi connectivity index (χ1) is 32.6. The van der Waals surface area contributed by atoms with Crippen molar-refractivity contribution in [3.05, 3.63) is 48.6 Å². The Morgan fingerprint density at radius 3 is 1.24 bits per heavy atom. The van der Waals surface area contributed by atoms with Crippen LogP contribution in [0.1, 0.15) is 258 Å². The number of esters is 2. The predicted octanol–water partition coefficient (Wildman–Crippen LogP) is 15.4. The van der Waals surface area contributed by atoms with E-state index in [1.54, 1.807) is 0 Å². The van der Waals surface area contributed by atoms with Crippen molar-refractivity contribution in [1.29, 1.82) is 0 Å². The van der Waals surface area contributed by atoms with Crippen LogP contribution in [0.15, 0.2) is 48.6 Å². The summed E-state index contributed by atoms with van der Waals surface area (Å²) in [5.41, 5.74) is 0. The van der Waals surface area contributed by atoms with E-state index < -0.39 is 18.1 Å². The average Bonchev–Trinajstić information content (AvgIpc) is 3.29. The first-order valence-electron chi connectivity index (χ1n) is 28.2. The van der Waals surface area contributed by atoms with E-state index in [4.69, 9.17) is 14.2 Å². The van der Waals surface area contributed by atoms with E-state index in [-0.39, 0.29) is 42.7 Å². The standard InChI is InChI=1S/C59H107NO7/c1-6-8-10-12-14-16-18-20-22-24-26-28-30-31-33-35-37-39-41-43-45-47-49-57(61)66-54-55(53-65-52-51-56(59(63)64)60(3,4)5)67-58(62)50-48-46-44-42-40-38-36-34-32-29-27-25-23-21-19-17-15-13-11-9-7-2/h9,11,15,17,21,23,27,29,55-56H,6-8,10,12-14,16,18-20,22,24-26,28,30-54H2,1-5H3/b11-9-,17-15-,23-21-,29-27-. The number of nitrogens with zero attached hydrogens (tertiary/aromatic N) is 1. The molecular formula is C59H107NO7. The summed E-state index contributed by atoms with van der Waals surface area (Å²) in [5.74, 6) is -1.73. The second-order valence-electron chi connectivity index (χ2n) is 20.2. The van der Waals surface area contributed by atoms with Gasteiger partial charge in [-0.15, -0.1) is 0 Å². The van der Waals surface area contributed by atoms with Gasteiger partial charge in [0.2, 0.25) is 0 Å². The number of quaternary nitrogens is 1. The zero-order chi connectivity index (χ0) is 49.2. The van der Waals surface area contributed by atoms with Crippen LogP contribution in [0.2, 0.25) is 0 Å². The zero-order valence-corrected chi connectivity index (χ0v) is 44.6. The molecular weight excluding hydrogens is 835 g/mol. The SMILES string of the molecule is CC/C=C\C/C=C\C/C=C\C/C=C\CCCCCCCCCCC(=O)OC(COCCC(C(=O)[O-])[N+](C)(C)C)COC(=O)CCCCCCCCCCCCCCCCCCCCCCCC. The third kappa shape index (κ3) is 48.1. The molecule has 0 bridgehead atoms. The van der Waals surface area contributed by atoms with Gasteiger partial charge in [0.05, 0.1) is 40.3 Å². The van der Waals surface area contributed by atoms with Crippen LogP contribution in [0.4, 0.5) is 0 Å². The molecule has 0 amide bonds. The highest BCUT2D eigenvalue weighted by molar-refractivity contribution is 5.70. The molecule has 2 atom stereocenters. The first kappa shape index (κ1) is 64.3. The maximum absolute atomic E-state index is 12.8. The molecule has 2 unspecified atom stereocenters. The largest absolute Gasteiger partial charge is 0.544 e. The molecule has 0 fully saturated rings. The molecule has 0 aromatic carbocycles. The van der Waals surface area contributed by atoms with Gasteiger partial charge in [-0.2, -0.15) is 0 Å². The highest BCUT2D eigenvalue weighted by Gasteiger charge is 2.25. The minimum Gasteiger partial charge on any atom is -0.544 e. The van der Waals surface area contributed by atoms with Crippen LogP contribution >= 0.6 is 0 Å². The smallest absolute Gasteiger partial charge is 0.306 e. The van der Waals surface area contributed by atoms with Crippen LogP contribution in [0, 0.1) is 0 Å². The molecule has 8 heteroatoms. The number of ether oxygens (including phenoxy) is 3. The van der Waals surface area contributed by atoms with Crippen molar-refractivity contribution in [2.24, 2.45) is 0 Å². The van der Waals surface area contributed by atoms with E-state index in [0.29, 0.717) is 12.8 Å². The molecule has 0 saturated heterocycles. The van der Waals surface area contributed by atoms with Gasteiger partial charge in [0.1, 0.15) is 12.6 Å². The van der Waals surface area contributed by atoms with Gasteiger partial charge in [-0.05, 0) is 51.4 Å². The quantitative estimate of drug-likeness (QED) is 0.0259. The first-order valence-corrected chi connectivity index (χ1v) is 28.2. The van der Waals surface area contributed by atoms with E-state index in [2.05, 4.69) is 62.5 Å². The van der Waals surface area contributed by atoms with Crippen LogP contribution < -0.4 is 5.11 Å². The fraction of sp³-hybridized carbons (Fsp3) is 0.814. The highest BCUT2D eigenvalue weighted by Crippen LogP contribution is 2.17. The van der Waals surface area contributed by atoms with Crippen molar-refractivity contribution in [2.45, 2.75) is 270 Å². The van der Waals surface area contributed by atoms with Crippen LogP contribution in [0.3, 0.4) is 0 Å². The van der Waals surface area contributed by atoms with Crippen LogP contribution in [-0.4, -0.2) is 75.5 Å². The molecule has 0 aromatic rings. The third-order valence-corrected chi connectivity index (χ3v) is 12.7. The maximum Gasteiger partial charge on any atom is 0.306 e. The van der Waals surface area contributed by atoms with E-state index >= 15 is 0 Å². The molecule has 0 aliphatic carbocycles. The summed E-state index contributed by atoms with van der Waals surface area (Å²) >= 11 is 0. The van der Waals surface area contributed by atoms with Crippen molar-refractivity contribution >= 4 is 17.9 Å². The van der Waals surface area contributed by atoms with Crippen molar-refractivity contribution in [3.8, 4) is 0 Å². The number of hydrogen-bond donors (Lipinski definition) is 0. The molecule has 67 heavy (non-hydrogen) atoms. The summed E-state index contributed by atoms with van der Waals surface area (Å²) in [6, 6.07) is -0.728. The Morgan fingerprint density at radius 2 is 0.836 bits per heavy atom. The molecule has 0 spiro atoms. The molecule has 0 saturated carbocycles. The van der Waals surface area contributed by atoms with E-state index in [0.717, 1.165) is 70.6 Å². The van der Waals surface area contributed by atoms with Gasteiger partial charge in [-0.25, -0.2) is 0 Å². The van der Waals surface area contributed by atoms with Gasteiger partial charge >= 0.3 is 11.9 Å². The summed E-state index contributed by atoms with van der Waals surface area (Å²) in [5, 5.41) is 11.7. The number of carbonyl (C=O) groups is 3. The van der Waals surface area contributed by atoms with Gasteiger partial charge in [0.25, 0.3) is 0 Å². The number of carbonyl (C=O) groups excluding carboxylic acids is 3. The van der Waals surface area contributed by atoms with Crippen molar-refractivity contribution in [3.63, 3.8) is 0 Å². The molecule has 0 aliphatic heterocycles. The van der Waals surface area contributed by atoms with Crippen LogP contribution in [0.25, 0.3) is 0 Å². The number of aliphatic carboxylic acids is 1. The summed E-state index contributed by atoms with van der Waals surface area (Å²) in [6.07, 6.45) is 61.5. The molecule has 8 nitrogen and oxygen atoms in total. The Labute approximate surface area is 414 Å². The van der Waals surface area contributed by atoms with Gasteiger partial charge in [0.15, 0.2) is 6.10 Å². The topological polar surface area (TPSA) is 102 Å². The molecule has 0 radical (unpaired) electrons. The number of allylic oxidation sites excluding steroid dienone is 8. The number of carboxylic acid groups (broad SMARTS) is 1. The normalized spacial score (nSPS) is 13.1. The lowest BCUT2D eigenvalue weighted by atomic mass is 10.0. The second-order valence-corrected chi connectivity index (χ2v) is 20.2. The van der Waals surface area contributed by atoms with E-state index in [1.165, 1.54) is 154 Å². The Balaban J connectivity index is 4.17. The third-order valence-electron chi connectivity index (χ3n) is 12.7. The van der Waals surface area contributed by atoms with Crippen molar-refractivity contribution < 1.29 is 38.2 Å². The molecule has 0 aliphatic rings. The number of carboxylic acids is 1. The summed E-state index contributed by atoms with van der Waals surface area (Å²) in [4.78, 5) is 37.1. The summed E-state index contributed by atoms with van der Waals surface area (Å²) in [6.45, 7) is 4.59. The van der Waals surface area contributed by atoms with Gasteiger partial charge in [-0.1, -0.05) is 236 Å². The second kappa shape index (κ2) is 49.7. The lowest BCUT2D eigenvalue weighted by Gasteiger charge is -2.34. The van der Waals surface area contributed by atoms with Gasteiger partial charge in [0, 0.05) is 19.3 Å². The fourth-order valence-electron chi connectivity index (χ4n) is 8.42. The Morgan fingerprint density at radius 1 is 0.463 bits per heavy atom. The lowest BCUT2D eigenvalue weighted by molar-refractivity contribution is -0.889. The monoisotopic (exact) mass is 942 g/mol. The Kier molecular flexibility index (Phi) is 47.7. The summed E-state index contributed by atoms with van der Waals surface area (Å²) in [7, 11) is 5.42. The van der Waals surface area contributed by atoms with Crippen molar-refractivity contribution in [1.82, 2.24) is 0 Å². The Bertz CT molecular complexity index is 1230. The minimum absolute atomic E-state index is 0.0393. The van der Waals surface area contributed by atoms with E-state index in [1.807, 2.05) is 21.1 Å².